The summed E-state index contributed by atoms with van der Waals surface area (Å²) < 4.78 is 18.7. The van der Waals surface area contributed by atoms with Gasteiger partial charge in [0, 0.05) is 0 Å². The molecule has 116 valence electrons. The van der Waals surface area contributed by atoms with Crippen LogP contribution in [-0.4, -0.2) is 50.2 Å². The first-order valence-electron chi connectivity index (χ1n) is 6.35. The Balaban J connectivity index is 3.96. The lowest BCUT2D eigenvalue weighted by atomic mass is 10.3. The molecule has 0 aliphatic heterocycles. The first-order chi connectivity index (χ1) is 9.40. The first kappa shape index (κ1) is 18.0. The van der Waals surface area contributed by atoms with E-state index in [4.69, 9.17) is 9.47 Å². The minimum Gasteiger partial charge on any atom is -0.435 e. The van der Waals surface area contributed by atoms with Gasteiger partial charge < -0.3 is 24.3 Å². The lowest BCUT2D eigenvalue weighted by Crippen LogP contribution is -2.40. The molecule has 0 unspecified atom stereocenters. The number of hydrogen-bond donors (Lipinski definition) is 1. The molecule has 0 aliphatic rings. The molecular formula is C12H21NO7. The Hall–Kier alpha value is -1.99. The molecule has 0 aromatic rings. The zero-order valence-electron chi connectivity index (χ0n) is 12.1. The van der Waals surface area contributed by atoms with Gasteiger partial charge in [0.1, 0.15) is 6.10 Å². The van der Waals surface area contributed by atoms with Gasteiger partial charge in [-0.1, -0.05) is 0 Å². The van der Waals surface area contributed by atoms with Crippen molar-refractivity contribution in [2.75, 3.05) is 19.8 Å². The van der Waals surface area contributed by atoms with E-state index in [0.717, 1.165) is 0 Å². The van der Waals surface area contributed by atoms with E-state index in [2.05, 4.69) is 14.8 Å². The molecule has 0 spiro atoms. The third-order valence-electron chi connectivity index (χ3n) is 2.03. The summed E-state index contributed by atoms with van der Waals surface area (Å²) in [5.74, 6) is -0.516. The lowest BCUT2D eigenvalue weighted by Gasteiger charge is -2.16. The summed E-state index contributed by atoms with van der Waals surface area (Å²) in [5.41, 5.74) is 0. The Kier molecular flexibility index (Phi) is 8.89. The van der Waals surface area contributed by atoms with E-state index >= 15 is 0 Å². The fourth-order valence-corrected chi connectivity index (χ4v) is 1.10. The third-order valence-corrected chi connectivity index (χ3v) is 2.03. The maximum Gasteiger partial charge on any atom is 0.509 e. The molecule has 0 aromatic carbocycles. The van der Waals surface area contributed by atoms with Gasteiger partial charge in [0.2, 0.25) is 0 Å². The predicted molar refractivity (Wildman–Crippen MR) is 68.1 cm³/mol. The maximum atomic E-state index is 11.6. The van der Waals surface area contributed by atoms with Crippen LogP contribution in [0, 0.1) is 0 Å². The van der Waals surface area contributed by atoms with E-state index in [0.29, 0.717) is 0 Å². The third kappa shape index (κ3) is 8.17. The van der Waals surface area contributed by atoms with Crippen LogP contribution >= 0.6 is 0 Å². The summed E-state index contributed by atoms with van der Waals surface area (Å²) in [5, 5.41) is 2.47. The van der Waals surface area contributed by atoms with Crippen LogP contribution in [0.2, 0.25) is 0 Å². The van der Waals surface area contributed by atoms with Gasteiger partial charge in [-0.2, -0.15) is 0 Å². The van der Waals surface area contributed by atoms with Crippen molar-refractivity contribution < 1.29 is 33.3 Å². The molecule has 0 saturated heterocycles. The highest BCUT2D eigenvalue weighted by molar-refractivity contribution is 5.82. The van der Waals surface area contributed by atoms with E-state index in [1.807, 2.05) is 0 Å². The fraction of sp³-hybridized carbons (Fsp3) is 0.750. The molecule has 0 aliphatic carbocycles. The highest BCUT2D eigenvalue weighted by Gasteiger charge is 2.19. The summed E-state index contributed by atoms with van der Waals surface area (Å²) >= 11 is 0. The number of nitrogens with one attached hydrogen (secondary N) is 1. The fourth-order valence-electron chi connectivity index (χ4n) is 1.10. The minimum absolute atomic E-state index is 0.0776. The minimum atomic E-state index is -0.996. The molecule has 0 aromatic heterocycles. The van der Waals surface area contributed by atoms with E-state index in [1.165, 1.54) is 6.92 Å². The summed E-state index contributed by atoms with van der Waals surface area (Å²) in [6.45, 7) is 6.73. The topological polar surface area (TPSA) is 100 Å². The normalized spacial score (nSPS) is 12.8. The van der Waals surface area contributed by atoms with Crippen molar-refractivity contribution in [3.63, 3.8) is 0 Å². The molecule has 8 nitrogen and oxygen atoms in total. The number of carbonyl (C=O) groups excluding carboxylic acids is 3. The summed E-state index contributed by atoms with van der Waals surface area (Å²) in [6, 6.07) is 0. The molecular weight excluding hydrogens is 270 g/mol. The second-order valence-corrected chi connectivity index (χ2v) is 3.80. The average molecular weight is 291 g/mol. The Morgan fingerprint density at radius 3 is 1.95 bits per heavy atom. The lowest BCUT2D eigenvalue weighted by molar-refractivity contribution is -0.130. The summed E-state index contributed by atoms with van der Waals surface area (Å²) in [6.07, 6.45) is -3.27. The monoisotopic (exact) mass is 291 g/mol. The van der Waals surface area contributed by atoms with Gasteiger partial charge in [-0.05, 0) is 27.7 Å². The highest BCUT2D eigenvalue weighted by atomic mass is 16.7. The van der Waals surface area contributed by atoms with Crippen molar-refractivity contribution in [3.8, 4) is 0 Å². The molecule has 0 fully saturated rings. The molecule has 1 N–H and O–H groups in total. The van der Waals surface area contributed by atoms with Gasteiger partial charge in [0.25, 0.3) is 5.91 Å². The number of hydrogen-bond acceptors (Lipinski definition) is 7. The molecule has 0 heterocycles. The van der Waals surface area contributed by atoms with Crippen LogP contribution in [0.5, 0.6) is 0 Å². The van der Waals surface area contributed by atoms with Crippen molar-refractivity contribution in [1.29, 1.82) is 0 Å². The van der Waals surface area contributed by atoms with Gasteiger partial charge in [-0.25, -0.2) is 9.59 Å². The molecule has 8 heteroatoms. The SMILES string of the molecule is CCOC(=O)O[C@H](C)CNC(=O)[C@@H](C)OC(=O)OCC. The molecule has 1 amide bonds. The van der Waals surface area contributed by atoms with Gasteiger partial charge in [-0.15, -0.1) is 0 Å². The van der Waals surface area contributed by atoms with Crippen molar-refractivity contribution >= 4 is 18.2 Å². The van der Waals surface area contributed by atoms with Crippen LogP contribution < -0.4 is 5.32 Å². The molecule has 20 heavy (non-hydrogen) atoms. The second kappa shape index (κ2) is 9.88. The molecule has 0 radical (unpaired) electrons. The van der Waals surface area contributed by atoms with E-state index in [9.17, 15) is 14.4 Å². The van der Waals surface area contributed by atoms with Gasteiger partial charge in [0.15, 0.2) is 6.10 Å². The van der Waals surface area contributed by atoms with E-state index in [-0.39, 0.29) is 19.8 Å². The Morgan fingerprint density at radius 1 is 0.950 bits per heavy atom. The number of carbonyl (C=O) groups is 3. The van der Waals surface area contributed by atoms with Gasteiger partial charge in [-0.3, -0.25) is 4.79 Å². The van der Waals surface area contributed by atoms with E-state index < -0.39 is 30.4 Å². The van der Waals surface area contributed by atoms with E-state index in [1.54, 1.807) is 20.8 Å². The van der Waals surface area contributed by atoms with Crippen LogP contribution in [-0.2, 0) is 23.7 Å². The smallest absolute Gasteiger partial charge is 0.435 e. The Labute approximate surface area is 117 Å². The average Bonchev–Trinajstić information content (AvgIpc) is 2.36. The molecule has 0 rings (SSSR count). The zero-order valence-corrected chi connectivity index (χ0v) is 12.1. The van der Waals surface area contributed by atoms with Crippen molar-refractivity contribution in [3.05, 3.63) is 0 Å². The number of rotatable bonds is 7. The summed E-state index contributed by atoms with van der Waals surface area (Å²) in [7, 11) is 0. The maximum absolute atomic E-state index is 11.6. The first-order valence-corrected chi connectivity index (χ1v) is 6.35. The zero-order chi connectivity index (χ0) is 15.5. The second-order valence-electron chi connectivity index (χ2n) is 3.80. The molecule has 0 bridgehead atoms. The standard InChI is InChI=1S/C12H21NO7/c1-5-17-11(15)19-8(3)7-13-10(14)9(4)20-12(16)18-6-2/h8-9H,5-7H2,1-4H3,(H,13,14)/t8-,9-/m1/s1. The van der Waals surface area contributed by atoms with Crippen molar-refractivity contribution in [2.24, 2.45) is 0 Å². The molecule has 2 atom stereocenters. The number of ether oxygens (including phenoxy) is 4. The summed E-state index contributed by atoms with van der Waals surface area (Å²) in [4.78, 5) is 33.6. The Bertz CT molecular complexity index is 332. The number of amides is 1. The van der Waals surface area contributed by atoms with Gasteiger partial charge >= 0.3 is 12.3 Å². The quantitative estimate of drug-likeness (QED) is 0.704. The largest absolute Gasteiger partial charge is 0.509 e. The van der Waals surface area contributed by atoms with Crippen LogP contribution in [0.3, 0.4) is 0 Å². The van der Waals surface area contributed by atoms with Crippen molar-refractivity contribution in [1.82, 2.24) is 5.32 Å². The van der Waals surface area contributed by atoms with Crippen LogP contribution in [0.15, 0.2) is 0 Å². The highest BCUT2D eigenvalue weighted by Crippen LogP contribution is 1.97. The van der Waals surface area contributed by atoms with Gasteiger partial charge in [0.05, 0.1) is 19.8 Å². The molecule has 0 saturated carbocycles. The Morgan fingerprint density at radius 2 is 1.45 bits per heavy atom. The van der Waals surface area contributed by atoms with Crippen LogP contribution in [0.1, 0.15) is 27.7 Å². The van der Waals surface area contributed by atoms with Crippen LogP contribution in [0.25, 0.3) is 0 Å². The van der Waals surface area contributed by atoms with Crippen LogP contribution in [0.4, 0.5) is 9.59 Å². The van der Waals surface area contributed by atoms with Crippen molar-refractivity contribution in [2.45, 2.75) is 39.9 Å². The predicted octanol–water partition coefficient (Wildman–Crippen LogP) is 1.23.